The van der Waals surface area contributed by atoms with E-state index in [1.165, 1.54) is 11.3 Å². The van der Waals surface area contributed by atoms with Gasteiger partial charge in [0.2, 0.25) is 0 Å². The summed E-state index contributed by atoms with van der Waals surface area (Å²) in [6.45, 7) is 5.08. The topological polar surface area (TPSA) is 54.3 Å². The standard InChI is InChI=1S/C26H25N5O/c1-20-7-5-11-23(17-20)29-13-15-30(16-14-29)26(32)24-19-31(22-9-3-2-4-10-22)28-25(24)21-8-6-12-27-18-21/h2-12,17-19H,13-16H2,1H3. The molecule has 0 spiro atoms. The zero-order valence-electron chi connectivity index (χ0n) is 18.1. The third-order valence-corrected chi connectivity index (χ3v) is 5.83. The van der Waals surface area contributed by atoms with Gasteiger partial charge in [-0.1, -0.05) is 30.3 Å². The van der Waals surface area contributed by atoms with E-state index < -0.39 is 0 Å². The van der Waals surface area contributed by atoms with Crippen LogP contribution in [0, 0.1) is 6.92 Å². The Morgan fingerprint density at radius 2 is 1.66 bits per heavy atom. The van der Waals surface area contributed by atoms with Crippen LogP contribution in [0.2, 0.25) is 0 Å². The predicted molar refractivity (Wildman–Crippen MR) is 126 cm³/mol. The van der Waals surface area contributed by atoms with E-state index in [4.69, 9.17) is 5.10 Å². The normalized spacial score (nSPS) is 13.9. The van der Waals surface area contributed by atoms with Crippen LogP contribution < -0.4 is 4.90 Å². The van der Waals surface area contributed by atoms with Crippen molar-refractivity contribution in [1.82, 2.24) is 19.7 Å². The van der Waals surface area contributed by atoms with E-state index in [1.54, 1.807) is 17.1 Å². The van der Waals surface area contributed by atoms with Crippen molar-refractivity contribution in [3.05, 3.63) is 96.4 Å². The highest BCUT2D eigenvalue weighted by Crippen LogP contribution is 2.25. The molecule has 2 aromatic heterocycles. The van der Waals surface area contributed by atoms with E-state index in [-0.39, 0.29) is 5.91 Å². The SMILES string of the molecule is Cc1cccc(N2CCN(C(=O)c3cn(-c4ccccc4)nc3-c3cccnc3)CC2)c1. The lowest BCUT2D eigenvalue weighted by molar-refractivity contribution is 0.0747. The Hall–Kier alpha value is -3.93. The number of benzene rings is 2. The van der Waals surface area contributed by atoms with Crippen LogP contribution in [0.4, 0.5) is 5.69 Å². The molecule has 0 atom stereocenters. The zero-order chi connectivity index (χ0) is 21.9. The Bertz CT molecular complexity index is 1210. The number of carbonyl (C=O) groups is 1. The van der Waals surface area contributed by atoms with Gasteiger partial charge in [0.05, 0.1) is 11.3 Å². The molecule has 2 aromatic carbocycles. The summed E-state index contributed by atoms with van der Waals surface area (Å²) in [6.07, 6.45) is 5.32. The number of amides is 1. The Labute approximate surface area is 187 Å². The van der Waals surface area contributed by atoms with Crippen molar-refractivity contribution < 1.29 is 4.79 Å². The van der Waals surface area contributed by atoms with E-state index in [9.17, 15) is 4.79 Å². The van der Waals surface area contributed by atoms with Gasteiger partial charge in [0, 0.05) is 56.0 Å². The Morgan fingerprint density at radius 3 is 2.38 bits per heavy atom. The molecule has 160 valence electrons. The summed E-state index contributed by atoms with van der Waals surface area (Å²) in [5.41, 5.74) is 5.48. The molecule has 6 heteroatoms. The number of hydrogen-bond acceptors (Lipinski definition) is 4. The molecule has 0 bridgehead atoms. The maximum atomic E-state index is 13.6. The van der Waals surface area contributed by atoms with Crippen molar-refractivity contribution in [2.45, 2.75) is 6.92 Å². The predicted octanol–water partition coefficient (Wildman–Crippen LogP) is 4.21. The van der Waals surface area contributed by atoms with Gasteiger partial charge in [0.15, 0.2) is 0 Å². The first-order valence-electron chi connectivity index (χ1n) is 10.9. The number of piperazine rings is 1. The number of hydrogen-bond donors (Lipinski definition) is 0. The first-order valence-corrected chi connectivity index (χ1v) is 10.9. The fourth-order valence-corrected chi connectivity index (χ4v) is 4.12. The molecule has 6 nitrogen and oxygen atoms in total. The summed E-state index contributed by atoms with van der Waals surface area (Å²) in [6, 6.07) is 22.2. The van der Waals surface area contributed by atoms with E-state index in [2.05, 4.69) is 41.1 Å². The van der Waals surface area contributed by atoms with Crippen LogP contribution in [0.25, 0.3) is 16.9 Å². The molecule has 5 rings (SSSR count). The highest BCUT2D eigenvalue weighted by atomic mass is 16.2. The summed E-state index contributed by atoms with van der Waals surface area (Å²) >= 11 is 0. The second-order valence-corrected chi connectivity index (χ2v) is 8.03. The zero-order valence-corrected chi connectivity index (χ0v) is 18.1. The number of nitrogens with zero attached hydrogens (tertiary/aromatic N) is 5. The van der Waals surface area contributed by atoms with Crippen molar-refractivity contribution in [3.8, 4) is 16.9 Å². The molecule has 1 aliphatic rings. The van der Waals surface area contributed by atoms with Crippen LogP contribution in [0.5, 0.6) is 0 Å². The molecule has 3 heterocycles. The number of rotatable bonds is 4. The lowest BCUT2D eigenvalue weighted by Gasteiger charge is -2.36. The smallest absolute Gasteiger partial charge is 0.257 e. The highest BCUT2D eigenvalue weighted by molar-refractivity contribution is 6.00. The molecular weight excluding hydrogens is 398 g/mol. The summed E-state index contributed by atoms with van der Waals surface area (Å²) < 4.78 is 1.78. The molecule has 4 aromatic rings. The molecule has 0 aliphatic carbocycles. The van der Waals surface area contributed by atoms with Gasteiger partial charge in [-0.2, -0.15) is 5.10 Å². The first kappa shape index (κ1) is 20.0. The Kier molecular flexibility index (Phi) is 5.42. The minimum Gasteiger partial charge on any atom is -0.368 e. The van der Waals surface area contributed by atoms with Gasteiger partial charge in [-0.05, 0) is 48.9 Å². The van der Waals surface area contributed by atoms with Crippen LogP contribution in [0.3, 0.4) is 0 Å². The maximum Gasteiger partial charge on any atom is 0.257 e. The number of pyridine rings is 1. The average molecular weight is 424 g/mol. The molecule has 0 N–H and O–H groups in total. The van der Waals surface area contributed by atoms with Gasteiger partial charge in [0.1, 0.15) is 5.69 Å². The van der Waals surface area contributed by atoms with Gasteiger partial charge in [-0.15, -0.1) is 0 Å². The van der Waals surface area contributed by atoms with Gasteiger partial charge >= 0.3 is 0 Å². The van der Waals surface area contributed by atoms with Crippen molar-refractivity contribution in [2.24, 2.45) is 0 Å². The van der Waals surface area contributed by atoms with Crippen LogP contribution in [-0.4, -0.2) is 51.8 Å². The number of para-hydroxylation sites is 1. The minimum atomic E-state index is 0.00919. The molecule has 32 heavy (non-hydrogen) atoms. The first-order chi connectivity index (χ1) is 15.7. The van der Waals surface area contributed by atoms with Crippen LogP contribution >= 0.6 is 0 Å². The summed E-state index contributed by atoms with van der Waals surface area (Å²) in [5, 5.41) is 4.76. The third-order valence-electron chi connectivity index (χ3n) is 5.83. The lowest BCUT2D eigenvalue weighted by atomic mass is 10.1. The van der Waals surface area contributed by atoms with Crippen molar-refractivity contribution in [1.29, 1.82) is 0 Å². The Balaban J connectivity index is 1.41. The molecule has 0 unspecified atom stereocenters. The van der Waals surface area contributed by atoms with Crippen LogP contribution in [0.1, 0.15) is 15.9 Å². The maximum absolute atomic E-state index is 13.6. The molecule has 0 radical (unpaired) electrons. The average Bonchev–Trinajstić information content (AvgIpc) is 3.30. The minimum absolute atomic E-state index is 0.00919. The second kappa shape index (κ2) is 8.67. The van der Waals surface area contributed by atoms with Gasteiger partial charge < -0.3 is 9.80 Å². The fraction of sp³-hybridized carbons (Fsp3) is 0.192. The van der Waals surface area contributed by atoms with Crippen LogP contribution in [0.15, 0.2) is 85.3 Å². The number of carbonyl (C=O) groups excluding carboxylic acids is 1. The molecule has 1 fully saturated rings. The van der Waals surface area contributed by atoms with Gasteiger partial charge in [0.25, 0.3) is 5.91 Å². The number of aryl methyl sites for hydroxylation is 1. The van der Waals surface area contributed by atoms with Crippen molar-refractivity contribution in [3.63, 3.8) is 0 Å². The van der Waals surface area contributed by atoms with Crippen molar-refractivity contribution >= 4 is 11.6 Å². The quantitative estimate of drug-likeness (QED) is 0.494. The highest BCUT2D eigenvalue weighted by Gasteiger charge is 2.27. The van der Waals surface area contributed by atoms with E-state index in [1.807, 2.05) is 53.6 Å². The van der Waals surface area contributed by atoms with E-state index in [0.717, 1.165) is 24.3 Å². The monoisotopic (exact) mass is 423 g/mol. The van der Waals surface area contributed by atoms with Gasteiger partial charge in [-0.25, -0.2) is 4.68 Å². The second-order valence-electron chi connectivity index (χ2n) is 8.03. The molecule has 0 saturated carbocycles. The summed E-state index contributed by atoms with van der Waals surface area (Å²) in [7, 11) is 0. The summed E-state index contributed by atoms with van der Waals surface area (Å²) in [4.78, 5) is 22.1. The third kappa shape index (κ3) is 3.99. The van der Waals surface area contributed by atoms with E-state index in [0.29, 0.717) is 24.3 Å². The van der Waals surface area contributed by atoms with Crippen LogP contribution in [-0.2, 0) is 0 Å². The fourth-order valence-electron chi connectivity index (χ4n) is 4.12. The Morgan fingerprint density at radius 1 is 0.875 bits per heavy atom. The number of aromatic nitrogens is 3. The molecule has 1 amide bonds. The van der Waals surface area contributed by atoms with Gasteiger partial charge in [-0.3, -0.25) is 9.78 Å². The lowest BCUT2D eigenvalue weighted by Crippen LogP contribution is -2.48. The largest absolute Gasteiger partial charge is 0.368 e. The number of anilines is 1. The summed E-state index contributed by atoms with van der Waals surface area (Å²) in [5.74, 6) is 0.00919. The van der Waals surface area contributed by atoms with Crippen molar-refractivity contribution in [2.75, 3.05) is 31.1 Å². The molecule has 1 saturated heterocycles. The molecule has 1 aliphatic heterocycles. The molecular formula is C26H25N5O. The van der Waals surface area contributed by atoms with E-state index >= 15 is 0 Å².